The van der Waals surface area contributed by atoms with E-state index < -0.39 is 11.7 Å². The van der Waals surface area contributed by atoms with Crippen molar-refractivity contribution in [1.82, 2.24) is 10.2 Å². The van der Waals surface area contributed by atoms with Crippen LogP contribution in [0.4, 0.5) is 13.2 Å². The Morgan fingerprint density at radius 1 is 1.09 bits per heavy atom. The van der Waals surface area contributed by atoms with Gasteiger partial charge < -0.3 is 5.32 Å². The van der Waals surface area contributed by atoms with Crippen LogP contribution in [-0.2, 0) is 6.18 Å². The van der Waals surface area contributed by atoms with Gasteiger partial charge in [0, 0.05) is 32.2 Å². The van der Waals surface area contributed by atoms with Gasteiger partial charge in [-0.15, -0.1) is 24.8 Å². The molecule has 1 saturated heterocycles. The number of hydrogen-bond acceptors (Lipinski definition) is 2. The van der Waals surface area contributed by atoms with Crippen molar-refractivity contribution in [3.63, 3.8) is 0 Å². The maximum absolute atomic E-state index is 13.3. The van der Waals surface area contributed by atoms with Crippen molar-refractivity contribution in [1.29, 1.82) is 0 Å². The van der Waals surface area contributed by atoms with Gasteiger partial charge in [-0.3, -0.25) is 4.90 Å². The zero-order valence-corrected chi connectivity index (χ0v) is 14.4. The van der Waals surface area contributed by atoms with Gasteiger partial charge in [0.25, 0.3) is 0 Å². The summed E-state index contributed by atoms with van der Waals surface area (Å²) in [6.45, 7) is 3.36. The van der Waals surface area contributed by atoms with E-state index in [-0.39, 0.29) is 30.9 Å². The molecule has 0 unspecified atom stereocenters. The second-order valence-corrected chi connectivity index (χ2v) is 6.07. The van der Waals surface area contributed by atoms with Crippen LogP contribution in [0.15, 0.2) is 24.3 Å². The molecule has 0 spiro atoms. The van der Waals surface area contributed by atoms with E-state index in [2.05, 4.69) is 10.2 Å². The third-order valence-electron chi connectivity index (χ3n) is 4.47. The minimum Gasteiger partial charge on any atom is -0.314 e. The molecule has 1 aromatic carbocycles. The molecule has 23 heavy (non-hydrogen) atoms. The highest BCUT2D eigenvalue weighted by atomic mass is 35.5. The number of hydrogen-bond donors (Lipinski definition) is 1. The lowest BCUT2D eigenvalue weighted by atomic mass is 9.94. The molecule has 7 heteroatoms. The maximum Gasteiger partial charge on any atom is 0.416 e. The van der Waals surface area contributed by atoms with Gasteiger partial charge in [0.05, 0.1) is 5.56 Å². The van der Waals surface area contributed by atoms with E-state index in [9.17, 15) is 13.2 Å². The predicted molar refractivity (Wildman–Crippen MR) is 90.5 cm³/mol. The van der Waals surface area contributed by atoms with E-state index in [0.717, 1.165) is 45.4 Å². The molecule has 1 aromatic rings. The van der Waals surface area contributed by atoms with Crippen molar-refractivity contribution in [2.75, 3.05) is 26.2 Å². The zero-order chi connectivity index (χ0) is 14.9. The SMILES string of the molecule is Cl.Cl.FC(F)(F)c1ccccc1[C@H](CC1CC1)N1CCNCC1. The first-order valence-corrected chi connectivity index (χ1v) is 7.66. The summed E-state index contributed by atoms with van der Waals surface area (Å²) >= 11 is 0. The third-order valence-corrected chi connectivity index (χ3v) is 4.47. The molecule has 1 atom stereocenters. The number of rotatable bonds is 4. The summed E-state index contributed by atoms with van der Waals surface area (Å²) in [7, 11) is 0. The summed E-state index contributed by atoms with van der Waals surface area (Å²) in [5.74, 6) is 0.603. The van der Waals surface area contributed by atoms with Gasteiger partial charge in [-0.25, -0.2) is 0 Å². The average molecular weight is 371 g/mol. The van der Waals surface area contributed by atoms with Crippen molar-refractivity contribution < 1.29 is 13.2 Å². The van der Waals surface area contributed by atoms with Crippen molar-refractivity contribution in [2.24, 2.45) is 5.92 Å². The first-order chi connectivity index (χ1) is 10.1. The number of halogens is 5. The van der Waals surface area contributed by atoms with Crippen molar-refractivity contribution in [2.45, 2.75) is 31.5 Å². The standard InChI is InChI=1S/C16H21F3N2.2ClH/c17-16(18,19)14-4-2-1-3-13(14)15(11-12-5-6-12)21-9-7-20-8-10-21;;/h1-4,12,15,20H,5-11H2;2*1H/t15-;;/m0../s1. The Hall–Kier alpha value is -0.490. The van der Waals surface area contributed by atoms with Crippen LogP contribution in [0.3, 0.4) is 0 Å². The molecule has 2 fully saturated rings. The summed E-state index contributed by atoms with van der Waals surface area (Å²) in [5.41, 5.74) is -0.00650. The molecule has 0 bridgehead atoms. The Morgan fingerprint density at radius 2 is 1.70 bits per heavy atom. The Morgan fingerprint density at radius 3 is 2.26 bits per heavy atom. The van der Waals surface area contributed by atoms with E-state index in [0.29, 0.717) is 11.5 Å². The van der Waals surface area contributed by atoms with Crippen molar-refractivity contribution >= 4 is 24.8 Å². The van der Waals surface area contributed by atoms with Gasteiger partial charge in [-0.1, -0.05) is 31.0 Å². The number of nitrogens with zero attached hydrogens (tertiary/aromatic N) is 1. The Bertz CT molecular complexity index is 486. The van der Waals surface area contributed by atoms with E-state index in [1.54, 1.807) is 12.1 Å². The molecule has 1 aliphatic carbocycles. The smallest absolute Gasteiger partial charge is 0.314 e. The lowest BCUT2D eigenvalue weighted by molar-refractivity contribution is -0.138. The second-order valence-electron chi connectivity index (χ2n) is 6.07. The second kappa shape index (κ2) is 8.56. The first kappa shape index (κ1) is 20.6. The highest BCUT2D eigenvalue weighted by molar-refractivity contribution is 5.85. The zero-order valence-electron chi connectivity index (χ0n) is 12.8. The molecule has 2 aliphatic rings. The number of benzene rings is 1. The molecule has 1 heterocycles. The fraction of sp³-hybridized carbons (Fsp3) is 0.625. The normalized spacial score (nSPS) is 20.3. The molecule has 1 N–H and O–H groups in total. The van der Waals surface area contributed by atoms with E-state index in [4.69, 9.17) is 0 Å². The van der Waals surface area contributed by atoms with Gasteiger partial charge in [0.2, 0.25) is 0 Å². The lowest BCUT2D eigenvalue weighted by Gasteiger charge is -2.36. The molecule has 1 aliphatic heterocycles. The van der Waals surface area contributed by atoms with Crippen molar-refractivity contribution in [3.05, 3.63) is 35.4 Å². The summed E-state index contributed by atoms with van der Waals surface area (Å²) < 4.78 is 39.9. The summed E-state index contributed by atoms with van der Waals surface area (Å²) in [4.78, 5) is 2.22. The van der Waals surface area contributed by atoms with Crippen LogP contribution in [0.1, 0.15) is 36.4 Å². The molecular formula is C16H23Cl2F3N2. The monoisotopic (exact) mass is 370 g/mol. The van der Waals surface area contributed by atoms with E-state index in [1.165, 1.54) is 12.1 Å². The Balaban J connectivity index is 0.00000132. The van der Waals surface area contributed by atoms with Gasteiger partial charge in [-0.05, 0) is 24.0 Å². The molecule has 0 amide bonds. The fourth-order valence-electron chi connectivity index (χ4n) is 3.18. The van der Waals surface area contributed by atoms with Gasteiger partial charge in [0.1, 0.15) is 0 Å². The highest BCUT2D eigenvalue weighted by Crippen LogP contribution is 2.43. The minimum atomic E-state index is -4.27. The Labute approximate surface area is 147 Å². The third kappa shape index (κ3) is 5.24. The van der Waals surface area contributed by atoms with Crippen LogP contribution >= 0.6 is 24.8 Å². The average Bonchev–Trinajstić information content (AvgIpc) is 3.29. The molecule has 2 nitrogen and oxygen atoms in total. The number of nitrogens with one attached hydrogen (secondary N) is 1. The number of piperazine rings is 1. The quantitative estimate of drug-likeness (QED) is 0.849. The van der Waals surface area contributed by atoms with Crippen LogP contribution in [-0.4, -0.2) is 31.1 Å². The van der Waals surface area contributed by atoms with Gasteiger partial charge >= 0.3 is 6.18 Å². The fourth-order valence-corrected chi connectivity index (χ4v) is 3.18. The minimum absolute atomic E-state index is 0. The largest absolute Gasteiger partial charge is 0.416 e. The first-order valence-electron chi connectivity index (χ1n) is 7.66. The molecule has 0 radical (unpaired) electrons. The number of alkyl halides is 3. The summed E-state index contributed by atoms with van der Waals surface area (Å²) in [5, 5.41) is 3.27. The Kier molecular flexibility index (Phi) is 7.65. The predicted octanol–water partition coefficient (Wildman–Crippen LogP) is 4.30. The van der Waals surface area contributed by atoms with Gasteiger partial charge in [0.15, 0.2) is 0 Å². The maximum atomic E-state index is 13.3. The van der Waals surface area contributed by atoms with Crippen LogP contribution in [0.5, 0.6) is 0 Å². The molecule has 3 rings (SSSR count). The topological polar surface area (TPSA) is 15.3 Å². The summed E-state index contributed by atoms with van der Waals surface area (Å²) in [6, 6.07) is 6.00. The van der Waals surface area contributed by atoms with Crippen LogP contribution in [0.2, 0.25) is 0 Å². The van der Waals surface area contributed by atoms with E-state index >= 15 is 0 Å². The highest BCUT2D eigenvalue weighted by Gasteiger charge is 2.38. The van der Waals surface area contributed by atoms with E-state index in [1.807, 2.05) is 0 Å². The molecular weight excluding hydrogens is 348 g/mol. The molecule has 1 saturated carbocycles. The van der Waals surface area contributed by atoms with Gasteiger partial charge in [-0.2, -0.15) is 13.2 Å². The van der Waals surface area contributed by atoms with Crippen LogP contribution in [0.25, 0.3) is 0 Å². The molecule has 0 aromatic heterocycles. The van der Waals surface area contributed by atoms with Crippen LogP contribution in [0, 0.1) is 5.92 Å². The summed E-state index contributed by atoms with van der Waals surface area (Å²) in [6.07, 6.45) is -1.09. The van der Waals surface area contributed by atoms with Crippen LogP contribution < -0.4 is 5.32 Å². The molecule has 132 valence electrons. The lowest BCUT2D eigenvalue weighted by Crippen LogP contribution is -2.45. The van der Waals surface area contributed by atoms with Crippen molar-refractivity contribution in [3.8, 4) is 0 Å².